The third-order valence-corrected chi connectivity index (χ3v) is 2.84. The Morgan fingerprint density at radius 1 is 1.56 bits per heavy atom. The molecule has 0 saturated carbocycles. The maximum absolute atomic E-state index is 11.8. The molecule has 0 bridgehead atoms. The van der Waals surface area contributed by atoms with E-state index in [0.29, 0.717) is 6.54 Å². The van der Waals surface area contributed by atoms with E-state index < -0.39 is 6.04 Å². The molecule has 18 heavy (non-hydrogen) atoms. The van der Waals surface area contributed by atoms with Crippen molar-refractivity contribution in [3.63, 3.8) is 0 Å². The molecule has 102 valence electrons. The summed E-state index contributed by atoms with van der Waals surface area (Å²) in [5.74, 6) is -0.119. The van der Waals surface area contributed by atoms with Crippen molar-refractivity contribution in [2.75, 3.05) is 20.8 Å². The molecule has 0 heterocycles. The number of carbonyl (C=O) groups is 1. The van der Waals surface area contributed by atoms with Crippen LogP contribution in [0.5, 0.6) is 0 Å². The van der Waals surface area contributed by atoms with Gasteiger partial charge in [-0.1, -0.05) is 28.1 Å². The van der Waals surface area contributed by atoms with E-state index in [2.05, 4.69) is 15.9 Å². The van der Waals surface area contributed by atoms with Gasteiger partial charge in [-0.2, -0.15) is 0 Å². The van der Waals surface area contributed by atoms with E-state index in [1.54, 1.807) is 11.9 Å². The summed E-state index contributed by atoms with van der Waals surface area (Å²) >= 11 is 3.39. The summed E-state index contributed by atoms with van der Waals surface area (Å²) in [7, 11) is 3.26. The molecule has 0 saturated heterocycles. The molecule has 0 radical (unpaired) electrons. The van der Waals surface area contributed by atoms with Gasteiger partial charge in [0.05, 0.1) is 6.61 Å². The zero-order valence-corrected chi connectivity index (χ0v) is 12.8. The van der Waals surface area contributed by atoms with Crippen molar-refractivity contribution in [1.29, 1.82) is 0 Å². The van der Waals surface area contributed by atoms with E-state index in [1.807, 2.05) is 24.3 Å². The topological polar surface area (TPSA) is 55.6 Å². The molecule has 1 atom stereocenters. The number of methoxy groups -OCH3 is 1. The van der Waals surface area contributed by atoms with Gasteiger partial charge in [0.1, 0.15) is 6.04 Å². The Hall–Kier alpha value is -0.620. The zero-order chi connectivity index (χ0) is 12.8. The van der Waals surface area contributed by atoms with E-state index in [4.69, 9.17) is 10.5 Å². The second-order valence-electron chi connectivity index (χ2n) is 3.89. The third-order valence-electron chi connectivity index (χ3n) is 2.35. The molecule has 0 fully saturated rings. The lowest BCUT2D eigenvalue weighted by atomic mass is 10.2. The lowest BCUT2D eigenvalue weighted by Gasteiger charge is -2.21. The standard InChI is InChI=1S/C12H17BrN2O2.ClH/c1-15(12(16)11(14)8-17-2)7-9-4-3-5-10(13)6-9;/h3-6,11H,7-8,14H2,1-2H3;1H. The van der Waals surface area contributed by atoms with Gasteiger partial charge in [-0.05, 0) is 17.7 Å². The van der Waals surface area contributed by atoms with Gasteiger partial charge in [0.25, 0.3) is 0 Å². The smallest absolute Gasteiger partial charge is 0.241 e. The van der Waals surface area contributed by atoms with Crippen LogP contribution in [0.25, 0.3) is 0 Å². The number of benzene rings is 1. The average Bonchev–Trinajstić information content (AvgIpc) is 2.28. The fourth-order valence-electron chi connectivity index (χ4n) is 1.52. The van der Waals surface area contributed by atoms with Crippen LogP contribution in [0.1, 0.15) is 5.56 Å². The van der Waals surface area contributed by atoms with Crippen LogP contribution in [0, 0.1) is 0 Å². The van der Waals surface area contributed by atoms with Crippen LogP contribution in [0.2, 0.25) is 0 Å². The van der Waals surface area contributed by atoms with Crippen molar-refractivity contribution in [1.82, 2.24) is 4.90 Å². The fourth-order valence-corrected chi connectivity index (χ4v) is 1.97. The Morgan fingerprint density at radius 2 is 2.22 bits per heavy atom. The van der Waals surface area contributed by atoms with Gasteiger partial charge in [0, 0.05) is 25.2 Å². The first-order valence-electron chi connectivity index (χ1n) is 5.28. The highest BCUT2D eigenvalue weighted by Crippen LogP contribution is 2.13. The highest BCUT2D eigenvalue weighted by atomic mass is 79.9. The molecule has 1 aromatic carbocycles. The molecule has 1 unspecified atom stereocenters. The highest BCUT2D eigenvalue weighted by molar-refractivity contribution is 9.10. The third kappa shape index (κ3) is 5.35. The largest absolute Gasteiger partial charge is 0.383 e. The lowest BCUT2D eigenvalue weighted by molar-refractivity contribution is -0.132. The summed E-state index contributed by atoms with van der Waals surface area (Å²) in [5, 5.41) is 0. The molecule has 4 nitrogen and oxygen atoms in total. The molecule has 0 spiro atoms. The second kappa shape index (κ2) is 8.48. The average molecular weight is 338 g/mol. The van der Waals surface area contributed by atoms with Crippen LogP contribution < -0.4 is 5.73 Å². The first-order valence-corrected chi connectivity index (χ1v) is 6.08. The molecule has 0 aliphatic rings. The van der Waals surface area contributed by atoms with Gasteiger partial charge in [-0.25, -0.2) is 0 Å². The summed E-state index contributed by atoms with van der Waals surface area (Å²) in [4.78, 5) is 13.4. The Bertz CT molecular complexity index is 390. The Balaban J connectivity index is 0.00000289. The SMILES string of the molecule is COCC(N)C(=O)N(C)Cc1cccc(Br)c1.Cl. The van der Waals surface area contributed by atoms with Crippen molar-refractivity contribution < 1.29 is 9.53 Å². The minimum absolute atomic E-state index is 0. The van der Waals surface area contributed by atoms with Crippen LogP contribution in [-0.2, 0) is 16.1 Å². The van der Waals surface area contributed by atoms with Gasteiger partial charge in [0.2, 0.25) is 5.91 Å². The summed E-state index contributed by atoms with van der Waals surface area (Å²) in [6, 6.07) is 7.23. The first-order chi connectivity index (χ1) is 8.04. The molecule has 6 heteroatoms. The molecule has 1 amide bonds. The van der Waals surface area contributed by atoms with Crippen molar-refractivity contribution in [3.05, 3.63) is 34.3 Å². The highest BCUT2D eigenvalue weighted by Gasteiger charge is 2.17. The zero-order valence-electron chi connectivity index (χ0n) is 10.4. The van der Waals surface area contributed by atoms with E-state index in [0.717, 1.165) is 10.0 Å². The summed E-state index contributed by atoms with van der Waals surface area (Å²) < 4.78 is 5.86. The molecule has 1 rings (SSSR count). The number of halogens is 2. The van der Waals surface area contributed by atoms with Crippen molar-refractivity contribution in [3.8, 4) is 0 Å². The first kappa shape index (κ1) is 17.4. The molecule has 1 aromatic rings. The minimum atomic E-state index is -0.600. The number of rotatable bonds is 5. The van der Waals surface area contributed by atoms with Crippen LogP contribution in [0.4, 0.5) is 0 Å². The predicted molar refractivity (Wildman–Crippen MR) is 77.7 cm³/mol. The maximum Gasteiger partial charge on any atom is 0.241 e. The predicted octanol–water partition coefficient (Wildman–Crippen LogP) is 1.80. The van der Waals surface area contributed by atoms with Gasteiger partial charge in [-0.3, -0.25) is 4.79 Å². The monoisotopic (exact) mass is 336 g/mol. The number of hydrogen-bond donors (Lipinski definition) is 1. The summed E-state index contributed by atoms with van der Waals surface area (Å²) in [6.07, 6.45) is 0. The summed E-state index contributed by atoms with van der Waals surface area (Å²) in [5.41, 5.74) is 6.74. The quantitative estimate of drug-likeness (QED) is 0.891. The number of carbonyl (C=O) groups excluding carboxylic acids is 1. The van der Waals surface area contributed by atoms with Crippen molar-refractivity contribution >= 4 is 34.2 Å². The number of nitrogens with zero attached hydrogens (tertiary/aromatic N) is 1. The fraction of sp³-hybridized carbons (Fsp3) is 0.417. The van der Waals surface area contributed by atoms with Crippen LogP contribution in [-0.4, -0.2) is 37.6 Å². The van der Waals surface area contributed by atoms with Crippen molar-refractivity contribution in [2.24, 2.45) is 5.73 Å². The number of likely N-dealkylation sites (N-methyl/N-ethyl adjacent to an activating group) is 1. The number of ether oxygens (including phenoxy) is 1. The van der Waals surface area contributed by atoms with Crippen molar-refractivity contribution in [2.45, 2.75) is 12.6 Å². The van der Waals surface area contributed by atoms with E-state index in [9.17, 15) is 4.79 Å². The molecule has 0 aromatic heterocycles. The minimum Gasteiger partial charge on any atom is -0.383 e. The summed E-state index contributed by atoms with van der Waals surface area (Å²) in [6.45, 7) is 0.775. The van der Waals surface area contributed by atoms with Gasteiger partial charge in [-0.15, -0.1) is 12.4 Å². The molecule has 2 N–H and O–H groups in total. The lowest BCUT2D eigenvalue weighted by Crippen LogP contribution is -2.44. The van der Waals surface area contributed by atoms with Crippen LogP contribution in [0.15, 0.2) is 28.7 Å². The van der Waals surface area contributed by atoms with Crippen LogP contribution >= 0.6 is 28.3 Å². The van der Waals surface area contributed by atoms with Crippen LogP contribution in [0.3, 0.4) is 0 Å². The number of hydrogen-bond acceptors (Lipinski definition) is 3. The van der Waals surface area contributed by atoms with Gasteiger partial charge in [0.15, 0.2) is 0 Å². The number of amides is 1. The van der Waals surface area contributed by atoms with Gasteiger partial charge < -0.3 is 15.4 Å². The van der Waals surface area contributed by atoms with E-state index in [1.165, 1.54) is 7.11 Å². The van der Waals surface area contributed by atoms with E-state index in [-0.39, 0.29) is 24.9 Å². The second-order valence-corrected chi connectivity index (χ2v) is 4.80. The Labute approximate surface area is 122 Å². The molecule has 0 aliphatic heterocycles. The Kier molecular flexibility index (Phi) is 8.18. The molecular weight excluding hydrogens is 320 g/mol. The molecule has 0 aliphatic carbocycles. The Morgan fingerprint density at radius 3 is 2.78 bits per heavy atom. The van der Waals surface area contributed by atoms with Gasteiger partial charge >= 0.3 is 0 Å². The maximum atomic E-state index is 11.8. The molecular formula is C12H18BrClN2O2. The van der Waals surface area contributed by atoms with E-state index >= 15 is 0 Å². The number of nitrogens with two attached hydrogens (primary N) is 1. The normalized spacial score (nSPS) is 11.6.